The van der Waals surface area contributed by atoms with Gasteiger partial charge in [-0.15, -0.1) is 0 Å². The Morgan fingerprint density at radius 2 is 1.59 bits per heavy atom. The molecule has 4 rings (SSSR count). The van der Waals surface area contributed by atoms with Crippen LogP contribution in [0.15, 0.2) is 48.5 Å². The Hall–Kier alpha value is -3.35. The number of fused-ring (bicyclic) bond motifs is 3. The van der Waals surface area contributed by atoms with Crippen LogP contribution in [0, 0.1) is 11.3 Å². The summed E-state index contributed by atoms with van der Waals surface area (Å²) < 4.78 is 5.63. The van der Waals surface area contributed by atoms with Crippen molar-refractivity contribution in [3.05, 3.63) is 59.7 Å². The summed E-state index contributed by atoms with van der Waals surface area (Å²) in [4.78, 5) is 37.2. The van der Waals surface area contributed by atoms with E-state index >= 15 is 0 Å². The van der Waals surface area contributed by atoms with Crippen LogP contribution in [0.1, 0.15) is 57.1 Å². The van der Waals surface area contributed by atoms with Gasteiger partial charge in [0.05, 0.1) is 5.92 Å². The highest BCUT2D eigenvalue weighted by molar-refractivity contribution is 5.86. The van der Waals surface area contributed by atoms with Crippen molar-refractivity contribution in [3.63, 3.8) is 0 Å². The van der Waals surface area contributed by atoms with Crippen molar-refractivity contribution >= 4 is 18.0 Å². The molecule has 3 atom stereocenters. The highest BCUT2D eigenvalue weighted by atomic mass is 16.5. The maximum Gasteiger partial charge on any atom is 0.407 e. The Bertz CT molecular complexity index is 1040. The first kappa shape index (κ1) is 23.8. The predicted octanol–water partition coefficient (Wildman–Crippen LogP) is 4.31. The molecule has 2 aliphatic rings. The van der Waals surface area contributed by atoms with Crippen LogP contribution in [-0.4, -0.2) is 41.8 Å². The molecule has 0 aromatic heterocycles. The van der Waals surface area contributed by atoms with Gasteiger partial charge in [0, 0.05) is 12.0 Å². The van der Waals surface area contributed by atoms with Gasteiger partial charge in [0.1, 0.15) is 12.6 Å². The highest BCUT2D eigenvalue weighted by Gasteiger charge is 2.39. The Balaban J connectivity index is 1.38. The molecule has 2 amide bonds. The fraction of sp³-hybridized carbons (Fsp3) is 0.444. The monoisotopic (exact) mass is 464 g/mol. The van der Waals surface area contributed by atoms with E-state index in [-0.39, 0.29) is 24.5 Å². The van der Waals surface area contributed by atoms with Crippen molar-refractivity contribution < 1.29 is 24.2 Å². The smallest absolute Gasteiger partial charge is 0.407 e. The Morgan fingerprint density at radius 1 is 1.00 bits per heavy atom. The molecule has 0 spiro atoms. The number of alkyl carbamates (subject to hydrolysis) is 1. The molecule has 0 aliphatic heterocycles. The summed E-state index contributed by atoms with van der Waals surface area (Å²) in [5.74, 6) is -1.93. The highest BCUT2D eigenvalue weighted by Crippen LogP contribution is 2.44. The molecular formula is C27H32N2O5. The number of hydrogen-bond donors (Lipinski definition) is 3. The van der Waals surface area contributed by atoms with Gasteiger partial charge in [-0.3, -0.25) is 4.79 Å². The first-order valence-electron chi connectivity index (χ1n) is 11.8. The average Bonchev–Trinajstić information content (AvgIpc) is 3.37. The summed E-state index contributed by atoms with van der Waals surface area (Å²) in [6.45, 7) is 5.52. The number of nitrogens with one attached hydrogen (secondary N) is 2. The van der Waals surface area contributed by atoms with Crippen molar-refractivity contribution in [2.45, 2.75) is 58.0 Å². The Labute approximate surface area is 199 Å². The maximum atomic E-state index is 12.9. The molecule has 7 nitrogen and oxygen atoms in total. The van der Waals surface area contributed by atoms with E-state index in [1.165, 1.54) is 0 Å². The second-order valence-electron chi connectivity index (χ2n) is 10.3. The summed E-state index contributed by atoms with van der Waals surface area (Å²) in [5.41, 5.74) is 3.96. The van der Waals surface area contributed by atoms with Crippen LogP contribution in [0.4, 0.5) is 4.79 Å². The van der Waals surface area contributed by atoms with Crippen LogP contribution < -0.4 is 10.6 Å². The number of carbonyl (C=O) groups is 3. The molecule has 34 heavy (non-hydrogen) atoms. The summed E-state index contributed by atoms with van der Waals surface area (Å²) in [6.07, 6.45) is 1.46. The third kappa shape index (κ3) is 4.79. The molecule has 2 aromatic rings. The van der Waals surface area contributed by atoms with Crippen LogP contribution in [0.25, 0.3) is 11.1 Å². The lowest BCUT2D eigenvalue weighted by molar-refractivity contribution is -0.145. The van der Waals surface area contributed by atoms with E-state index in [1.54, 1.807) is 20.8 Å². The molecule has 1 saturated carbocycles. The van der Waals surface area contributed by atoms with E-state index in [0.717, 1.165) is 28.7 Å². The third-order valence-electron chi connectivity index (χ3n) is 6.90. The number of aliphatic carboxylic acids is 1. The molecule has 3 unspecified atom stereocenters. The van der Waals surface area contributed by atoms with Crippen molar-refractivity contribution in [2.24, 2.45) is 11.3 Å². The summed E-state index contributed by atoms with van der Waals surface area (Å²) >= 11 is 0. The molecule has 7 heteroatoms. The van der Waals surface area contributed by atoms with Gasteiger partial charge in [-0.25, -0.2) is 9.59 Å². The second kappa shape index (κ2) is 9.49. The number of carboxylic acid groups (broad SMARTS) is 1. The van der Waals surface area contributed by atoms with Crippen LogP contribution in [0.5, 0.6) is 0 Å². The van der Waals surface area contributed by atoms with Crippen molar-refractivity contribution in [1.29, 1.82) is 0 Å². The van der Waals surface area contributed by atoms with Gasteiger partial charge in [-0.2, -0.15) is 0 Å². The van der Waals surface area contributed by atoms with Gasteiger partial charge >= 0.3 is 12.1 Å². The molecule has 0 bridgehead atoms. The number of benzene rings is 2. The summed E-state index contributed by atoms with van der Waals surface area (Å²) in [7, 11) is 0. The minimum atomic E-state index is -1.07. The Kier molecular flexibility index (Phi) is 6.64. The molecule has 0 radical (unpaired) electrons. The van der Waals surface area contributed by atoms with Crippen LogP contribution in [0.2, 0.25) is 0 Å². The van der Waals surface area contributed by atoms with E-state index in [9.17, 15) is 19.5 Å². The van der Waals surface area contributed by atoms with Crippen LogP contribution >= 0.6 is 0 Å². The maximum absolute atomic E-state index is 12.9. The summed E-state index contributed by atoms with van der Waals surface area (Å²) in [6, 6.07) is 14.9. The molecule has 0 saturated heterocycles. The first-order valence-corrected chi connectivity index (χ1v) is 11.8. The SMILES string of the molecule is CC(C)(C)C(NC(=O)C1CCCC1NC(=O)OCC1c2ccccc2-c2ccccc21)C(=O)O. The van der Waals surface area contributed by atoms with E-state index in [1.807, 2.05) is 24.3 Å². The van der Waals surface area contributed by atoms with E-state index in [2.05, 4.69) is 34.9 Å². The zero-order valence-electron chi connectivity index (χ0n) is 19.8. The zero-order valence-corrected chi connectivity index (χ0v) is 19.8. The van der Waals surface area contributed by atoms with Crippen molar-refractivity contribution in [1.82, 2.24) is 10.6 Å². The van der Waals surface area contributed by atoms with Crippen LogP contribution in [-0.2, 0) is 14.3 Å². The number of carbonyl (C=O) groups excluding carboxylic acids is 2. The van der Waals surface area contributed by atoms with E-state index in [0.29, 0.717) is 12.8 Å². The lowest BCUT2D eigenvalue weighted by Crippen LogP contribution is -2.53. The summed E-state index contributed by atoms with van der Waals surface area (Å²) in [5, 5.41) is 15.0. The van der Waals surface area contributed by atoms with Crippen molar-refractivity contribution in [2.75, 3.05) is 6.61 Å². The quantitative estimate of drug-likeness (QED) is 0.591. The molecule has 0 heterocycles. The first-order chi connectivity index (χ1) is 16.2. The van der Waals surface area contributed by atoms with Gasteiger partial charge in [0.2, 0.25) is 5.91 Å². The van der Waals surface area contributed by atoms with Gasteiger partial charge in [0.25, 0.3) is 0 Å². The largest absolute Gasteiger partial charge is 0.480 e. The lowest BCUT2D eigenvalue weighted by Gasteiger charge is -2.30. The topological polar surface area (TPSA) is 105 Å². The molecule has 1 fully saturated rings. The van der Waals surface area contributed by atoms with Gasteiger partial charge in [0.15, 0.2) is 0 Å². The fourth-order valence-corrected chi connectivity index (χ4v) is 5.14. The van der Waals surface area contributed by atoms with Gasteiger partial charge in [-0.05, 0) is 40.5 Å². The van der Waals surface area contributed by atoms with Gasteiger partial charge < -0.3 is 20.5 Å². The molecule has 3 N–H and O–H groups in total. The fourth-order valence-electron chi connectivity index (χ4n) is 5.14. The Morgan fingerprint density at radius 3 is 2.15 bits per heavy atom. The lowest BCUT2D eigenvalue weighted by atomic mass is 9.86. The minimum absolute atomic E-state index is 0.0380. The minimum Gasteiger partial charge on any atom is -0.480 e. The normalized spacial score (nSPS) is 20.2. The number of amides is 2. The molecule has 180 valence electrons. The van der Waals surface area contributed by atoms with Crippen molar-refractivity contribution in [3.8, 4) is 11.1 Å². The number of hydrogen-bond acceptors (Lipinski definition) is 4. The molecule has 2 aromatic carbocycles. The standard InChI is InChI=1S/C27H32N2O5/c1-27(2,3)23(25(31)32)29-24(30)20-13-8-14-22(20)28-26(33)34-15-21-18-11-6-4-9-16(18)17-10-5-7-12-19(17)21/h4-7,9-12,20-23H,8,13-15H2,1-3H3,(H,28,33)(H,29,30)(H,31,32). The van der Waals surface area contributed by atoms with Crippen LogP contribution in [0.3, 0.4) is 0 Å². The number of ether oxygens (including phenoxy) is 1. The van der Waals surface area contributed by atoms with E-state index < -0.39 is 29.4 Å². The predicted molar refractivity (Wildman–Crippen MR) is 128 cm³/mol. The number of carboxylic acids is 1. The molecular weight excluding hydrogens is 432 g/mol. The zero-order chi connectivity index (χ0) is 24.5. The third-order valence-corrected chi connectivity index (χ3v) is 6.90. The average molecular weight is 465 g/mol. The molecule has 2 aliphatic carbocycles. The van der Waals surface area contributed by atoms with Gasteiger partial charge in [-0.1, -0.05) is 75.7 Å². The number of rotatable bonds is 6. The van der Waals surface area contributed by atoms with E-state index in [4.69, 9.17) is 4.74 Å². The second-order valence-corrected chi connectivity index (χ2v) is 10.3.